The second-order valence-electron chi connectivity index (χ2n) is 5.24. The van der Waals surface area contributed by atoms with E-state index in [9.17, 15) is 5.11 Å². The third-order valence-electron chi connectivity index (χ3n) is 3.72. The first-order chi connectivity index (χ1) is 9.27. The Kier molecular flexibility index (Phi) is 5.40. The van der Waals surface area contributed by atoms with Crippen LogP contribution in [-0.2, 0) is 0 Å². The van der Waals surface area contributed by atoms with Gasteiger partial charge in [-0.2, -0.15) is 0 Å². The number of phenolic OH excluding ortho intramolecular Hbond substituents is 1. The van der Waals surface area contributed by atoms with E-state index in [2.05, 4.69) is 9.89 Å². The van der Waals surface area contributed by atoms with Crippen LogP contribution >= 0.6 is 0 Å². The molecule has 1 heterocycles. The van der Waals surface area contributed by atoms with Crippen LogP contribution in [0.25, 0.3) is 0 Å². The summed E-state index contributed by atoms with van der Waals surface area (Å²) in [6, 6.07) is 7.39. The lowest BCUT2D eigenvalue weighted by atomic mass is 10.1. The van der Waals surface area contributed by atoms with Gasteiger partial charge >= 0.3 is 0 Å². The van der Waals surface area contributed by atoms with Crippen LogP contribution in [0.15, 0.2) is 29.3 Å². The first kappa shape index (κ1) is 14.1. The third kappa shape index (κ3) is 4.35. The number of nitrogens with zero attached hydrogens (tertiary/aromatic N) is 2. The summed E-state index contributed by atoms with van der Waals surface area (Å²) in [5.41, 5.74) is 1.78. The molecular weight excluding hydrogens is 236 g/mol. The third-order valence-corrected chi connectivity index (χ3v) is 3.72. The Morgan fingerprint density at radius 2 is 1.95 bits per heavy atom. The second-order valence-corrected chi connectivity index (χ2v) is 5.24. The van der Waals surface area contributed by atoms with E-state index >= 15 is 0 Å². The molecular formula is C16H24N2O. The molecule has 19 heavy (non-hydrogen) atoms. The topological polar surface area (TPSA) is 35.8 Å². The molecule has 1 saturated heterocycles. The summed E-state index contributed by atoms with van der Waals surface area (Å²) in [5, 5.41) is 9.75. The lowest BCUT2D eigenvalue weighted by Crippen LogP contribution is -2.30. The van der Waals surface area contributed by atoms with Crippen LogP contribution in [0.3, 0.4) is 0 Å². The van der Waals surface area contributed by atoms with Crippen LogP contribution in [0.2, 0.25) is 0 Å². The highest BCUT2D eigenvalue weighted by Gasteiger charge is 2.08. The summed E-state index contributed by atoms with van der Waals surface area (Å²) in [6.45, 7) is 6.47. The summed E-state index contributed by atoms with van der Waals surface area (Å²) < 4.78 is 0. The van der Waals surface area contributed by atoms with Crippen molar-refractivity contribution in [2.75, 3.05) is 26.2 Å². The number of aliphatic imine (C=N–C) groups is 1. The molecule has 0 atom stereocenters. The summed E-state index contributed by atoms with van der Waals surface area (Å²) in [7, 11) is 0. The zero-order chi connectivity index (χ0) is 13.5. The van der Waals surface area contributed by atoms with Crippen molar-refractivity contribution in [3.8, 4) is 5.75 Å². The highest BCUT2D eigenvalue weighted by molar-refractivity contribution is 6.00. The highest BCUT2D eigenvalue weighted by Crippen LogP contribution is 2.16. The number of piperidine rings is 1. The molecule has 0 bridgehead atoms. The molecule has 1 aromatic rings. The Morgan fingerprint density at radius 3 is 2.68 bits per heavy atom. The van der Waals surface area contributed by atoms with Crippen LogP contribution in [0.5, 0.6) is 5.75 Å². The molecule has 0 aliphatic carbocycles. The van der Waals surface area contributed by atoms with Crippen LogP contribution in [-0.4, -0.2) is 41.9 Å². The molecule has 1 aliphatic heterocycles. The maximum Gasteiger partial charge on any atom is 0.124 e. The van der Waals surface area contributed by atoms with Crippen LogP contribution in [0.4, 0.5) is 0 Å². The van der Waals surface area contributed by atoms with Crippen molar-refractivity contribution in [1.82, 2.24) is 4.90 Å². The Hall–Kier alpha value is -1.35. The molecule has 3 heteroatoms. The molecule has 1 fully saturated rings. The van der Waals surface area contributed by atoms with Crippen molar-refractivity contribution in [3.63, 3.8) is 0 Å². The normalized spacial score (nSPS) is 17.6. The number of hydrogen-bond donors (Lipinski definition) is 1. The van der Waals surface area contributed by atoms with E-state index in [4.69, 9.17) is 0 Å². The number of hydrogen-bond acceptors (Lipinski definition) is 3. The van der Waals surface area contributed by atoms with Crippen LogP contribution < -0.4 is 0 Å². The molecule has 0 amide bonds. The number of benzene rings is 1. The number of likely N-dealkylation sites (tertiary alicyclic amines) is 1. The van der Waals surface area contributed by atoms with Gasteiger partial charge in [-0.1, -0.05) is 18.6 Å². The zero-order valence-corrected chi connectivity index (χ0v) is 11.8. The predicted octanol–water partition coefficient (Wildman–Crippen LogP) is 3.08. The molecule has 0 radical (unpaired) electrons. The highest BCUT2D eigenvalue weighted by atomic mass is 16.3. The molecule has 1 aromatic carbocycles. The lowest BCUT2D eigenvalue weighted by Gasteiger charge is -2.25. The minimum absolute atomic E-state index is 0.319. The molecule has 0 aromatic heterocycles. The van der Waals surface area contributed by atoms with Crippen molar-refractivity contribution in [1.29, 1.82) is 0 Å². The molecule has 1 aliphatic rings. The van der Waals surface area contributed by atoms with Gasteiger partial charge in [-0.15, -0.1) is 0 Å². The minimum atomic E-state index is 0.319. The van der Waals surface area contributed by atoms with Crippen LogP contribution in [0.1, 0.15) is 38.2 Å². The van der Waals surface area contributed by atoms with E-state index in [0.717, 1.165) is 30.8 Å². The summed E-state index contributed by atoms with van der Waals surface area (Å²) in [5.74, 6) is 0.319. The number of phenols is 1. The Balaban J connectivity index is 1.77. The molecule has 104 valence electrons. The molecule has 0 saturated carbocycles. The summed E-state index contributed by atoms with van der Waals surface area (Å²) in [4.78, 5) is 7.11. The average molecular weight is 260 g/mol. The maximum atomic E-state index is 9.75. The predicted molar refractivity (Wildman–Crippen MR) is 80.1 cm³/mol. The van der Waals surface area contributed by atoms with Gasteiger partial charge in [0.2, 0.25) is 0 Å². The maximum absolute atomic E-state index is 9.75. The van der Waals surface area contributed by atoms with Gasteiger partial charge in [0.15, 0.2) is 0 Å². The van der Waals surface area contributed by atoms with E-state index in [1.807, 2.05) is 25.1 Å². The second kappa shape index (κ2) is 7.29. The SMILES string of the molecule is CC(=NCCCN1CCCCC1)c1ccccc1O. The molecule has 0 unspecified atom stereocenters. The largest absolute Gasteiger partial charge is 0.507 e. The van der Waals surface area contributed by atoms with Crippen LogP contribution in [0, 0.1) is 0 Å². The number of rotatable bonds is 5. The van der Waals surface area contributed by atoms with Gasteiger partial charge in [0.05, 0.1) is 0 Å². The smallest absolute Gasteiger partial charge is 0.124 e. The minimum Gasteiger partial charge on any atom is -0.507 e. The quantitative estimate of drug-likeness (QED) is 0.652. The fourth-order valence-corrected chi connectivity index (χ4v) is 2.59. The Labute approximate surface area is 116 Å². The van der Waals surface area contributed by atoms with Gasteiger partial charge in [0.25, 0.3) is 0 Å². The van der Waals surface area contributed by atoms with Gasteiger partial charge in [-0.25, -0.2) is 0 Å². The van der Waals surface area contributed by atoms with Gasteiger partial charge in [-0.3, -0.25) is 4.99 Å². The Bertz CT molecular complexity index is 423. The van der Waals surface area contributed by atoms with Gasteiger partial charge in [-0.05, 0) is 58.0 Å². The molecule has 3 nitrogen and oxygen atoms in total. The van der Waals surface area contributed by atoms with Crippen molar-refractivity contribution >= 4 is 5.71 Å². The summed E-state index contributed by atoms with van der Waals surface area (Å²) >= 11 is 0. The summed E-state index contributed by atoms with van der Waals surface area (Å²) in [6.07, 6.45) is 5.19. The fourth-order valence-electron chi connectivity index (χ4n) is 2.59. The van der Waals surface area contributed by atoms with Gasteiger partial charge in [0, 0.05) is 17.8 Å². The van der Waals surface area contributed by atoms with E-state index in [0.29, 0.717) is 5.75 Å². The average Bonchev–Trinajstić information content (AvgIpc) is 2.45. The first-order valence-corrected chi connectivity index (χ1v) is 7.29. The van der Waals surface area contributed by atoms with Crippen molar-refractivity contribution < 1.29 is 5.11 Å². The van der Waals surface area contributed by atoms with E-state index in [1.165, 1.54) is 32.4 Å². The van der Waals surface area contributed by atoms with Gasteiger partial charge in [0.1, 0.15) is 5.75 Å². The Morgan fingerprint density at radius 1 is 1.21 bits per heavy atom. The van der Waals surface area contributed by atoms with Gasteiger partial charge < -0.3 is 10.0 Å². The zero-order valence-electron chi connectivity index (χ0n) is 11.8. The number of para-hydroxylation sites is 1. The standard InChI is InChI=1S/C16H24N2O/c1-14(15-8-3-4-9-16(15)19)17-10-7-13-18-11-5-2-6-12-18/h3-4,8-9,19H,2,5-7,10-13H2,1H3. The molecule has 1 N–H and O–H groups in total. The lowest BCUT2D eigenvalue weighted by molar-refractivity contribution is 0.228. The number of aromatic hydroxyl groups is 1. The first-order valence-electron chi connectivity index (χ1n) is 7.29. The molecule has 0 spiro atoms. The van der Waals surface area contributed by atoms with E-state index < -0.39 is 0 Å². The monoisotopic (exact) mass is 260 g/mol. The fraction of sp³-hybridized carbons (Fsp3) is 0.562. The van der Waals surface area contributed by atoms with E-state index in [1.54, 1.807) is 6.07 Å². The van der Waals surface area contributed by atoms with E-state index in [-0.39, 0.29) is 0 Å². The van der Waals surface area contributed by atoms with Crippen molar-refractivity contribution in [2.45, 2.75) is 32.6 Å². The molecule has 2 rings (SSSR count). The van der Waals surface area contributed by atoms with Crippen molar-refractivity contribution in [3.05, 3.63) is 29.8 Å². The van der Waals surface area contributed by atoms with Crippen molar-refractivity contribution in [2.24, 2.45) is 4.99 Å².